The van der Waals surface area contributed by atoms with Crippen LogP contribution in [0.25, 0.3) is 11.0 Å². The normalized spacial score (nSPS) is 15.6. The minimum atomic E-state index is -0.187. The van der Waals surface area contributed by atoms with Gasteiger partial charge in [0.15, 0.2) is 0 Å². The molecule has 1 fully saturated rings. The number of rotatable bonds is 5. The largest absolute Gasteiger partial charge is 0.459 e. The standard InChI is InChI=1S/C27H33N3O3/c1-17(2)24(25-19(4)22-10-5-6-11-23(22)33-25)29-26(31)20-12-14-30(15-13-20)27(32)28-21-9-7-8-18(3)16-21/h5-11,16-17,20,24H,12-15H2,1-4H3,(H,28,32)(H,29,31). The maximum Gasteiger partial charge on any atom is 0.321 e. The highest BCUT2D eigenvalue weighted by Gasteiger charge is 2.31. The van der Waals surface area contributed by atoms with Crippen molar-refractivity contribution in [3.63, 3.8) is 0 Å². The lowest BCUT2D eigenvalue weighted by Crippen LogP contribution is -2.45. The van der Waals surface area contributed by atoms with E-state index in [2.05, 4.69) is 30.5 Å². The first-order valence-electron chi connectivity index (χ1n) is 11.7. The lowest BCUT2D eigenvalue weighted by atomic mass is 9.93. The number of hydrogen-bond donors (Lipinski definition) is 2. The fourth-order valence-corrected chi connectivity index (χ4v) is 4.57. The summed E-state index contributed by atoms with van der Waals surface area (Å²) in [6.07, 6.45) is 1.30. The number of amides is 3. The Kier molecular flexibility index (Phi) is 6.72. The smallest absolute Gasteiger partial charge is 0.321 e. The Balaban J connectivity index is 1.37. The summed E-state index contributed by atoms with van der Waals surface area (Å²) >= 11 is 0. The van der Waals surface area contributed by atoms with E-state index >= 15 is 0 Å². The van der Waals surface area contributed by atoms with Crippen LogP contribution < -0.4 is 10.6 Å². The van der Waals surface area contributed by atoms with Crippen LogP contribution in [0.1, 0.15) is 49.6 Å². The number of nitrogens with one attached hydrogen (secondary N) is 2. The summed E-state index contributed by atoms with van der Waals surface area (Å²) in [4.78, 5) is 27.6. The first kappa shape index (κ1) is 22.9. The number of likely N-dealkylation sites (tertiary alicyclic amines) is 1. The number of piperidine rings is 1. The van der Waals surface area contributed by atoms with Crippen LogP contribution in [0.4, 0.5) is 10.5 Å². The zero-order chi connectivity index (χ0) is 23.5. The molecule has 2 aromatic carbocycles. The first-order chi connectivity index (χ1) is 15.8. The van der Waals surface area contributed by atoms with E-state index in [1.54, 1.807) is 4.90 Å². The lowest BCUT2D eigenvalue weighted by molar-refractivity contribution is -0.127. The summed E-state index contributed by atoms with van der Waals surface area (Å²) in [5, 5.41) is 7.28. The van der Waals surface area contributed by atoms with E-state index in [9.17, 15) is 9.59 Å². The Hall–Kier alpha value is -3.28. The average Bonchev–Trinajstić information content (AvgIpc) is 3.13. The van der Waals surface area contributed by atoms with Crippen molar-refractivity contribution in [2.24, 2.45) is 11.8 Å². The zero-order valence-electron chi connectivity index (χ0n) is 19.9. The Morgan fingerprint density at radius 1 is 1.03 bits per heavy atom. The molecule has 2 N–H and O–H groups in total. The van der Waals surface area contributed by atoms with Gasteiger partial charge < -0.3 is 20.0 Å². The molecule has 33 heavy (non-hydrogen) atoms. The molecule has 6 heteroatoms. The molecule has 0 aliphatic carbocycles. The SMILES string of the molecule is Cc1cccc(NC(=O)N2CCC(C(=O)NC(c3oc4ccccc4c3C)C(C)C)CC2)c1. The number of anilines is 1. The molecular formula is C27H33N3O3. The number of nitrogens with zero attached hydrogens (tertiary/aromatic N) is 1. The van der Waals surface area contributed by atoms with Crippen LogP contribution >= 0.6 is 0 Å². The van der Waals surface area contributed by atoms with Crippen molar-refractivity contribution in [1.29, 1.82) is 0 Å². The van der Waals surface area contributed by atoms with Crippen molar-refractivity contribution in [3.05, 3.63) is 65.4 Å². The van der Waals surface area contributed by atoms with Gasteiger partial charge in [0.25, 0.3) is 0 Å². The number of hydrogen-bond acceptors (Lipinski definition) is 3. The molecule has 3 amide bonds. The van der Waals surface area contributed by atoms with Crippen LogP contribution in [0.5, 0.6) is 0 Å². The Labute approximate surface area is 195 Å². The van der Waals surface area contributed by atoms with Gasteiger partial charge in [0, 0.05) is 35.6 Å². The molecule has 2 heterocycles. The number of para-hydroxylation sites is 1. The van der Waals surface area contributed by atoms with E-state index in [0.717, 1.165) is 33.5 Å². The maximum absolute atomic E-state index is 13.1. The molecule has 174 valence electrons. The van der Waals surface area contributed by atoms with E-state index in [-0.39, 0.29) is 29.8 Å². The minimum absolute atomic E-state index is 0.0345. The van der Waals surface area contributed by atoms with Crippen molar-refractivity contribution in [1.82, 2.24) is 10.2 Å². The summed E-state index contributed by atoms with van der Waals surface area (Å²) in [6.45, 7) is 9.36. The number of carbonyl (C=O) groups excluding carboxylic acids is 2. The van der Waals surface area contributed by atoms with Gasteiger partial charge in [0.2, 0.25) is 5.91 Å². The topological polar surface area (TPSA) is 74.6 Å². The molecule has 0 saturated carbocycles. The third-order valence-corrected chi connectivity index (χ3v) is 6.55. The van der Waals surface area contributed by atoms with E-state index in [1.165, 1.54) is 0 Å². The average molecular weight is 448 g/mol. The van der Waals surface area contributed by atoms with Crippen LogP contribution in [-0.2, 0) is 4.79 Å². The molecule has 1 aliphatic rings. The van der Waals surface area contributed by atoms with E-state index in [4.69, 9.17) is 4.42 Å². The fourth-order valence-electron chi connectivity index (χ4n) is 4.57. The van der Waals surface area contributed by atoms with Crippen LogP contribution in [0.2, 0.25) is 0 Å². The second-order valence-corrected chi connectivity index (χ2v) is 9.38. The van der Waals surface area contributed by atoms with E-state index in [1.807, 2.05) is 56.3 Å². The van der Waals surface area contributed by atoms with Crippen LogP contribution in [0.15, 0.2) is 52.9 Å². The van der Waals surface area contributed by atoms with Crippen LogP contribution in [-0.4, -0.2) is 29.9 Å². The number of urea groups is 1. The highest BCUT2D eigenvalue weighted by atomic mass is 16.3. The van der Waals surface area contributed by atoms with Gasteiger partial charge in [-0.2, -0.15) is 0 Å². The van der Waals surface area contributed by atoms with Crippen LogP contribution in [0, 0.1) is 25.7 Å². The van der Waals surface area contributed by atoms with Gasteiger partial charge in [-0.15, -0.1) is 0 Å². The van der Waals surface area contributed by atoms with Gasteiger partial charge in [0.1, 0.15) is 11.3 Å². The van der Waals surface area contributed by atoms with Gasteiger partial charge in [0.05, 0.1) is 6.04 Å². The molecular weight excluding hydrogens is 414 g/mol. The molecule has 1 aliphatic heterocycles. The fraction of sp³-hybridized carbons (Fsp3) is 0.407. The summed E-state index contributed by atoms with van der Waals surface area (Å²) in [7, 11) is 0. The predicted octanol–water partition coefficient (Wildman–Crippen LogP) is 5.81. The first-order valence-corrected chi connectivity index (χ1v) is 11.7. The number of benzene rings is 2. The highest BCUT2D eigenvalue weighted by Crippen LogP contribution is 2.33. The number of fused-ring (bicyclic) bond motifs is 1. The predicted molar refractivity (Wildman–Crippen MR) is 131 cm³/mol. The van der Waals surface area contributed by atoms with Crippen molar-refractivity contribution in [3.8, 4) is 0 Å². The quantitative estimate of drug-likeness (QED) is 0.518. The summed E-state index contributed by atoms with van der Waals surface area (Å²) in [6, 6.07) is 15.4. The Morgan fingerprint density at radius 2 is 1.76 bits per heavy atom. The molecule has 4 rings (SSSR count). The molecule has 3 aromatic rings. The highest BCUT2D eigenvalue weighted by molar-refractivity contribution is 5.89. The Morgan fingerprint density at radius 3 is 2.42 bits per heavy atom. The summed E-state index contributed by atoms with van der Waals surface area (Å²) < 4.78 is 6.15. The second kappa shape index (κ2) is 9.69. The Bertz CT molecular complexity index is 1140. The van der Waals surface area contributed by atoms with Crippen molar-refractivity contribution < 1.29 is 14.0 Å². The molecule has 1 atom stereocenters. The van der Waals surface area contributed by atoms with Crippen molar-refractivity contribution >= 4 is 28.6 Å². The van der Waals surface area contributed by atoms with Crippen molar-refractivity contribution in [2.45, 2.75) is 46.6 Å². The van der Waals surface area contributed by atoms with Gasteiger partial charge in [-0.1, -0.05) is 44.2 Å². The number of carbonyl (C=O) groups is 2. The third kappa shape index (κ3) is 5.05. The monoisotopic (exact) mass is 447 g/mol. The zero-order valence-corrected chi connectivity index (χ0v) is 19.9. The van der Waals surface area contributed by atoms with Gasteiger partial charge >= 0.3 is 6.03 Å². The van der Waals surface area contributed by atoms with E-state index < -0.39 is 0 Å². The molecule has 0 bridgehead atoms. The minimum Gasteiger partial charge on any atom is -0.459 e. The number of furan rings is 1. The van der Waals surface area contributed by atoms with Crippen LogP contribution in [0.3, 0.4) is 0 Å². The van der Waals surface area contributed by atoms with Gasteiger partial charge in [-0.25, -0.2) is 4.79 Å². The van der Waals surface area contributed by atoms with Crippen molar-refractivity contribution in [2.75, 3.05) is 18.4 Å². The molecule has 0 radical (unpaired) electrons. The van der Waals surface area contributed by atoms with Gasteiger partial charge in [-0.05, 0) is 56.4 Å². The third-order valence-electron chi connectivity index (χ3n) is 6.55. The molecule has 6 nitrogen and oxygen atoms in total. The lowest BCUT2D eigenvalue weighted by Gasteiger charge is -2.32. The molecule has 1 saturated heterocycles. The molecule has 1 unspecified atom stereocenters. The van der Waals surface area contributed by atoms with Gasteiger partial charge in [-0.3, -0.25) is 4.79 Å². The maximum atomic E-state index is 13.1. The van der Waals surface area contributed by atoms with E-state index in [0.29, 0.717) is 25.9 Å². The second-order valence-electron chi connectivity index (χ2n) is 9.38. The molecule has 1 aromatic heterocycles. The summed E-state index contributed by atoms with van der Waals surface area (Å²) in [5.74, 6) is 0.939. The number of aryl methyl sites for hydroxylation is 2. The summed E-state index contributed by atoms with van der Waals surface area (Å²) in [5.41, 5.74) is 3.81. The molecule has 0 spiro atoms.